The number of thiophene rings is 1. The van der Waals surface area contributed by atoms with Crippen LogP contribution in [0.2, 0.25) is 5.02 Å². The van der Waals surface area contributed by atoms with E-state index in [4.69, 9.17) is 11.6 Å². The molecule has 4 nitrogen and oxygen atoms in total. The van der Waals surface area contributed by atoms with Crippen molar-refractivity contribution in [1.29, 1.82) is 0 Å². The topological polar surface area (TPSA) is 58.5 Å². The number of halogens is 4. The summed E-state index contributed by atoms with van der Waals surface area (Å²) in [7, 11) is 0. The van der Waals surface area contributed by atoms with Crippen LogP contribution in [0.4, 0.5) is 13.2 Å². The van der Waals surface area contributed by atoms with Gasteiger partial charge in [-0.3, -0.25) is 9.59 Å². The fraction of sp³-hybridized carbons (Fsp3) is 0.133. The Labute approximate surface area is 143 Å². The number of hydrazone groups is 1. The van der Waals surface area contributed by atoms with E-state index < -0.39 is 30.0 Å². The van der Waals surface area contributed by atoms with Crippen LogP contribution in [-0.2, 0) is 0 Å². The summed E-state index contributed by atoms with van der Waals surface area (Å²) in [6.45, 7) is 0. The second-order valence-electron chi connectivity index (χ2n) is 4.62. The first-order valence-electron chi connectivity index (χ1n) is 6.52. The smallest absolute Gasteiger partial charge is 0.294 e. The van der Waals surface area contributed by atoms with Crippen LogP contribution >= 0.6 is 22.9 Å². The van der Waals surface area contributed by atoms with E-state index in [1.54, 1.807) is 5.38 Å². The number of amides is 1. The van der Waals surface area contributed by atoms with Gasteiger partial charge in [-0.25, -0.2) is 5.43 Å². The van der Waals surface area contributed by atoms with Crippen LogP contribution in [0, 0.1) is 0 Å². The van der Waals surface area contributed by atoms with E-state index in [-0.39, 0.29) is 11.1 Å². The molecule has 0 aliphatic heterocycles. The molecule has 0 unspecified atom stereocenters. The lowest BCUT2D eigenvalue weighted by atomic mass is 10.1. The van der Waals surface area contributed by atoms with Crippen molar-refractivity contribution < 1.29 is 22.8 Å². The first-order chi connectivity index (χ1) is 11.3. The van der Waals surface area contributed by atoms with E-state index in [1.807, 2.05) is 5.43 Å². The average molecular weight is 375 g/mol. The summed E-state index contributed by atoms with van der Waals surface area (Å²) in [6.07, 6.45) is -5.79. The highest BCUT2D eigenvalue weighted by Gasteiger charge is 2.37. The maximum absolute atomic E-state index is 13.0. The summed E-state index contributed by atoms with van der Waals surface area (Å²) in [5, 5.41) is 6.50. The molecule has 1 amide bonds. The van der Waals surface area contributed by atoms with Crippen molar-refractivity contribution in [3.63, 3.8) is 0 Å². The second-order valence-corrected chi connectivity index (χ2v) is 5.83. The van der Waals surface area contributed by atoms with Gasteiger partial charge < -0.3 is 0 Å². The number of hydrogen-bond donors (Lipinski definition) is 1. The van der Waals surface area contributed by atoms with Gasteiger partial charge in [-0.05, 0) is 35.7 Å². The predicted molar refractivity (Wildman–Crippen MR) is 85.7 cm³/mol. The quantitative estimate of drug-likeness (QED) is 0.481. The number of benzene rings is 1. The van der Waals surface area contributed by atoms with Crippen molar-refractivity contribution in [1.82, 2.24) is 5.43 Å². The molecule has 2 rings (SSSR count). The fourth-order valence-electron chi connectivity index (χ4n) is 1.66. The predicted octanol–water partition coefficient (Wildman–Crippen LogP) is 4.32. The van der Waals surface area contributed by atoms with Crippen LogP contribution in [-0.4, -0.2) is 23.6 Å². The van der Waals surface area contributed by atoms with Crippen LogP contribution in [0.25, 0.3) is 0 Å². The summed E-state index contributed by atoms with van der Waals surface area (Å²) in [6, 6.07) is 6.96. The number of carbonyl (C=O) groups is 2. The monoisotopic (exact) mass is 374 g/mol. The third kappa shape index (κ3) is 4.90. The Hall–Kier alpha value is -2.19. The van der Waals surface area contributed by atoms with Crippen molar-refractivity contribution >= 4 is 40.3 Å². The zero-order valence-electron chi connectivity index (χ0n) is 11.9. The normalized spacial score (nSPS) is 12.1. The molecular weight excluding hydrogens is 365 g/mol. The SMILES string of the molecule is O=C(C/C(=N\NC(=O)c1ccc(Cl)cc1)C(F)(F)F)c1ccsc1. The summed E-state index contributed by atoms with van der Waals surface area (Å²) in [5.74, 6) is -1.57. The van der Waals surface area contributed by atoms with E-state index in [0.29, 0.717) is 5.02 Å². The van der Waals surface area contributed by atoms with Crippen LogP contribution in [0.5, 0.6) is 0 Å². The van der Waals surface area contributed by atoms with Gasteiger partial charge >= 0.3 is 6.18 Å². The van der Waals surface area contributed by atoms with Crippen LogP contribution < -0.4 is 5.43 Å². The lowest BCUT2D eigenvalue weighted by Gasteiger charge is -2.10. The highest BCUT2D eigenvalue weighted by molar-refractivity contribution is 7.08. The molecule has 0 spiro atoms. The molecule has 0 aliphatic carbocycles. The number of nitrogens with one attached hydrogen (secondary N) is 1. The van der Waals surface area contributed by atoms with Crippen molar-refractivity contribution in [3.8, 4) is 0 Å². The van der Waals surface area contributed by atoms with Crippen LogP contribution in [0.3, 0.4) is 0 Å². The molecule has 1 aromatic heterocycles. The van der Waals surface area contributed by atoms with Gasteiger partial charge in [0.25, 0.3) is 5.91 Å². The van der Waals surface area contributed by atoms with Gasteiger partial charge in [-0.1, -0.05) is 11.6 Å². The molecule has 1 aromatic carbocycles. The number of alkyl halides is 3. The Morgan fingerprint density at radius 3 is 2.33 bits per heavy atom. The van der Waals surface area contributed by atoms with Gasteiger partial charge in [-0.15, -0.1) is 0 Å². The van der Waals surface area contributed by atoms with E-state index >= 15 is 0 Å². The standard InChI is InChI=1S/C15H10ClF3N2O2S/c16-11-3-1-9(2-4-11)14(23)21-20-13(15(17,18)19)7-12(22)10-5-6-24-8-10/h1-6,8H,7H2,(H,21,23)/b20-13+. The lowest BCUT2D eigenvalue weighted by molar-refractivity contribution is -0.0605. The van der Waals surface area contributed by atoms with E-state index in [9.17, 15) is 22.8 Å². The number of Topliss-reactive ketones (excluding diaryl/α,β-unsaturated/α-hetero) is 1. The molecule has 24 heavy (non-hydrogen) atoms. The maximum atomic E-state index is 13.0. The molecule has 1 N–H and O–H groups in total. The molecule has 126 valence electrons. The number of nitrogens with zero attached hydrogens (tertiary/aromatic N) is 1. The molecule has 0 saturated heterocycles. The van der Waals surface area contributed by atoms with Gasteiger partial charge in [0.2, 0.25) is 0 Å². The van der Waals surface area contributed by atoms with Crippen molar-refractivity contribution in [2.45, 2.75) is 12.6 Å². The fourth-order valence-corrected chi connectivity index (χ4v) is 2.45. The highest BCUT2D eigenvalue weighted by atomic mass is 35.5. The van der Waals surface area contributed by atoms with E-state index in [0.717, 1.165) is 0 Å². The Morgan fingerprint density at radius 2 is 1.79 bits per heavy atom. The van der Waals surface area contributed by atoms with Gasteiger partial charge in [0, 0.05) is 21.5 Å². The third-order valence-electron chi connectivity index (χ3n) is 2.90. The van der Waals surface area contributed by atoms with Gasteiger partial charge in [-0.2, -0.15) is 29.6 Å². The van der Waals surface area contributed by atoms with Crippen LogP contribution in [0.15, 0.2) is 46.2 Å². The Bertz CT molecular complexity index is 756. The maximum Gasteiger partial charge on any atom is 0.431 e. The molecule has 2 aromatic rings. The third-order valence-corrected chi connectivity index (χ3v) is 3.83. The molecule has 1 heterocycles. The first-order valence-corrected chi connectivity index (χ1v) is 7.84. The van der Waals surface area contributed by atoms with E-state index in [2.05, 4.69) is 5.10 Å². The molecule has 0 radical (unpaired) electrons. The zero-order valence-corrected chi connectivity index (χ0v) is 13.5. The summed E-state index contributed by atoms with van der Waals surface area (Å²) in [5.41, 5.74) is 0.697. The van der Waals surface area contributed by atoms with Crippen LogP contribution in [0.1, 0.15) is 27.1 Å². The highest BCUT2D eigenvalue weighted by Crippen LogP contribution is 2.21. The molecule has 9 heteroatoms. The summed E-state index contributed by atoms with van der Waals surface area (Å²) in [4.78, 5) is 23.6. The van der Waals surface area contributed by atoms with E-state index in [1.165, 1.54) is 47.0 Å². The Balaban J connectivity index is 2.12. The summed E-state index contributed by atoms with van der Waals surface area (Å²) < 4.78 is 38.9. The minimum atomic E-state index is -4.83. The minimum Gasteiger partial charge on any atom is -0.294 e. The number of carbonyl (C=O) groups excluding carboxylic acids is 2. The number of hydrogen-bond acceptors (Lipinski definition) is 4. The van der Waals surface area contributed by atoms with Gasteiger partial charge in [0.15, 0.2) is 5.78 Å². The molecule has 0 fully saturated rings. The second kappa shape index (κ2) is 7.59. The van der Waals surface area contributed by atoms with Crippen molar-refractivity contribution in [2.24, 2.45) is 5.10 Å². The zero-order chi connectivity index (χ0) is 17.7. The Morgan fingerprint density at radius 1 is 1.12 bits per heavy atom. The average Bonchev–Trinajstić information content (AvgIpc) is 3.05. The largest absolute Gasteiger partial charge is 0.431 e. The molecular formula is C15H10ClF3N2O2S. The molecule has 0 aliphatic rings. The van der Waals surface area contributed by atoms with Crippen molar-refractivity contribution in [3.05, 3.63) is 57.2 Å². The molecule has 0 bridgehead atoms. The number of ketones is 1. The molecule has 0 atom stereocenters. The van der Waals surface area contributed by atoms with Gasteiger partial charge in [0.1, 0.15) is 5.71 Å². The van der Waals surface area contributed by atoms with Crippen molar-refractivity contribution in [2.75, 3.05) is 0 Å². The van der Waals surface area contributed by atoms with Gasteiger partial charge in [0.05, 0.1) is 6.42 Å². The molecule has 0 saturated carbocycles. The number of rotatable bonds is 5. The lowest BCUT2D eigenvalue weighted by Crippen LogP contribution is -2.30. The Kier molecular flexibility index (Phi) is 5.74. The summed E-state index contributed by atoms with van der Waals surface area (Å²) >= 11 is 6.86. The first kappa shape index (κ1) is 18.2. The minimum absolute atomic E-state index is 0.0915.